The quantitative estimate of drug-likeness (QED) is 0.555. The second-order valence-electron chi connectivity index (χ2n) is 3.67. The molecule has 0 saturated carbocycles. The second kappa shape index (κ2) is 4.23. The summed E-state index contributed by atoms with van der Waals surface area (Å²) in [4.78, 5) is 10.5. The van der Waals surface area contributed by atoms with E-state index in [0.717, 1.165) is 5.69 Å². The molecule has 1 aromatic rings. The van der Waals surface area contributed by atoms with Gasteiger partial charge in [-0.1, -0.05) is 13.8 Å². The number of rotatable bonds is 3. The monoisotopic (exact) mass is 195 g/mol. The normalized spacial score (nSPS) is 10.4. The molecule has 0 aliphatic carbocycles. The zero-order valence-electron chi connectivity index (χ0n) is 9.07. The van der Waals surface area contributed by atoms with Crippen LogP contribution in [0.4, 0.5) is 11.8 Å². The molecule has 0 aliphatic heterocycles. The predicted molar refractivity (Wildman–Crippen MR) is 58.3 cm³/mol. The fourth-order valence-electron chi connectivity index (χ4n) is 1.02. The van der Waals surface area contributed by atoms with Crippen LogP contribution in [0.2, 0.25) is 0 Å². The molecule has 14 heavy (non-hydrogen) atoms. The van der Waals surface area contributed by atoms with E-state index in [0.29, 0.717) is 17.7 Å². The van der Waals surface area contributed by atoms with Crippen molar-refractivity contribution >= 4 is 11.8 Å². The number of aromatic nitrogens is 2. The molecule has 3 N–H and O–H groups in total. The van der Waals surface area contributed by atoms with Gasteiger partial charge in [-0.3, -0.25) is 0 Å². The number of anilines is 2. The Labute approximate surface area is 84.3 Å². The summed E-state index contributed by atoms with van der Waals surface area (Å²) in [5.41, 5.74) is 3.52. The highest BCUT2D eigenvalue weighted by molar-refractivity contribution is 5.42. The number of hydrogen-bond acceptors (Lipinski definition) is 5. The molecule has 5 heteroatoms. The highest BCUT2D eigenvalue weighted by Gasteiger charge is 2.07. The molecule has 5 nitrogen and oxygen atoms in total. The smallest absolute Gasteiger partial charge is 0.227 e. The standard InChI is InChI=1S/C9H17N5/c1-6(2)7-5-8(13-10)12-9(11-7)14(3)4/h5-6H,10H2,1-4H3,(H,11,12,13). The summed E-state index contributed by atoms with van der Waals surface area (Å²) in [5.74, 6) is 7.01. The van der Waals surface area contributed by atoms with Gasteiger partial charge in [0.1, 0.15) is 5.82 Å². The number of nitrogens with zero attached hydrogens (tertiary/aromatic N) is 3. The number of hydrogen-bond donors (Lipinski definition) is 2. The first-order valence-corrected chi connectivity index (χ1v) is 4.57. The van der Waals surface area contributed by atoms with Crippen LogP contribution in [0.25, 0.3) is 0 Å². The van der Waals surface area contributed by atoms with Gasteiger partial charge in [0.2, 0.25) is 5.95 Å². The molecule has 1 rings (SSSR count). The van der Waals surface area contributed by atoms with Gasteiger partial charge in [-0.25, -0.2) is 10.8 Å². The second-order valence-corrected chi connectivity index (χ2v) is 3.67. The lowest BCUT2D eigenvalue weighted by Gasteiger charge is -2.14. The molecule has 0 atom stereocenters. The number of hydrazine groups is 1. The van der Waals surface area contributed by atoms with E-state index in [2.05, 4.69) is 29.2 Å². The summed E-state index contributed by atoms with van der Waals surface area (Å²) in [6.07, 6.45) is 0. The minimum Gasteiger partial charge on any atom is -0.347 e. The fraction of sp³-hybridized carbons (Fsp3) is 0.556. The molecule has 0 saturated heterocycles. The van der Waals surface area contributed by atoms with E-state index in [-0.39, 0.29) is 0 Å². The molecule has 0 radical (unpaired) electrons. The number of nitrogens with one attached hydrogen (secondary N) is 1. The topological polar surface area (TPSA) is 67.1 Å². The number of nitrogens with two attached hydrogens (primary N) is 1. The average Bonchev–Trinajstić information content (AvgIpc) is 2.16. The Balaban J connectivity index is 3.13. The van der Waals surface area contributed by atoms with E-state index in [4.69, 9.17) is 5.84 Å². The lowest BCUT2D eigenvalue weighted by molar-refractivity contribution is 0.807. The Morgan fingerprint density at radius 2 is 2.00 bits per heavy atom. The minimum absolute atomic E-state index is 0.365. The zero-order valence-corrected chi connectivity index (χ0v) is 9.07. The summed E-state index contributed by atoms with van der Waals surface area (Å²) >= 11 is 0. The van der Waals surface area contributed by atoms with E-state index < -0.39 is 0 Å². The highest BCUT2D eigenvalue weighted by Crippen LogP contribution is 2.17. The van der Waals surface area contributed by atoms with Gasteiger partial charge in [0, 0.05) is 20.2 Å². The molecule has 0 aliphatic rings. The molecule has 78 valence electrons. The van der Waals surface area contributed by atoms with Crippen LogP contribution >= 0.6 is 0 Å². The van der Waals surface area contributed by atoms with Crippen LogP contribution in [0.5, 0.6) is 0 Å². The molecule has 1 heterocycles. The third kappa shape index (κ3) is 2.32. The Hall–Kier alpha value is -1.36. The van der Waals surface area contributed by atoms with E-state index in [1.54, 1.807) is 0 Å². The Kier molecular flexibility index (Phi) is 3.24. The summed E-state index contributed by atoms with van der Waals surface area (Å²) in [7, 11) is 3.81. The van der Waals surface area contributed by atoms with Crippen LogP contribution in [0.3, 0.4) is 0 Å². The van der Waals surface area contributed by atoms with Gasteiger partial charge in [0.25, 0.3) is 0 Å². The van der Waals surface area contributed by atoms with Crippen molar-refractivity contribution < 1.29 is 0 Å². The zero-order chi connectivity index (χ0) is 10.7. The van der Waals surface area contributed by atoms with Crippen LogP contribution in [-0.2, 0) is 0 Å². The van der Waals surface area contributed by atoms with Gasteiger partial charge >= 0.3 is 0 Å². The van der Waals surface area contributed by atoms with Crippen molar-refractivity contribution in [2.45, 2.75) is 19.8 Å². The van der Waals surface area contributed by atoms with Gasteiger partial charge in [-0.15, -0.1) is 0 Å². The summed E-state index contributed by atoms with van der Waals surface area (Å²) in [5, 5.41) is 0. The molecular weight excluding hydrogens is 178 g/mol. The fourth-order valence-corrected chi connectivity index (χ4v) is 1.02. The molecule has 0 bridgehead atoms. The molecule has 0 fully saturated rings. The predicted octanol–water partition coefficient (Wildman–Crippen LogP) is 0.952. The van der Waals surface area contributed by atoms with Crippen LogP contribution in [-0.4, -0.2) is 24.1 Å². The van der Waals surface area contributed by atoms with E-state index in [1.165, 1.54) is 0 Å². The summed E-state index contributed by atoms with van der Waals surface area (Å²) < 4.78 is 0. The van der Waals surface area contributed by atoms with Crippen LogP contribution in [0.15, 0.2) is 6.07 Å². The van der Waals surface area contributed by atoms with E-state index in [1.807, 2.05) is 25.1 Å². The van der Waals surface area contributed by atoms with Crippen LogP contribution < -0.4 is 16.2 Å². The average molecular weight is 195 g/mol. The maximum absolute atomic E-state index is 5.33. The van der Waals surface area contributed by atoms with Gasteiger partial charge in [0.15, 0.2) is 0 Å². The van der Waals surface area contributed by atoms with Gasteiger partial charge in [-0.2, -0.15) is 4.98 Å². The molecule has 1 aromatic heterocycles. The van der Waals surface area contributed by atoms with Gasteiger partial charge < -0.3 is 10.3 Å². The Bertz CT molecular complexity index is 282. The first-order valence-electron chi connectivity index (χ1n) is 4.57. The molecule has 0 aromatic carbocycles. The van der Waals surface area contributed by atoms with Crippen molar-refractivity contribution in [1.29, 1.82) is 0 Å². The van der Waals surface area contributed by atoms with Crippen molar-refractivity contribution in [3.05, 3.63) is 11.8 Å². The third-order valence-electron chi connectivity index (χ3n) is 1.87. The largest absolute Gasteiger partial charge is 0.347 e. The van der Waals surface area contributed by atoms with Gasteiger partial charge in [-0.05, 0) is 5.92 Å². The first kappa shape index (κ1) is 10.7. The molecular formula is C9H17N5. The van der Waals surface area contributed by atoms with Crippen molar-refractivity contribution in [3.63, 3.8) is 0 Å². The lowest BCUT2D eigenvalue weighted by Crippen LogP contribution is -2.17. The molecule has 0 amide bonds. The maximum Gasteiger partial charge on any atom is 0.227 e. The Morgan fingerprint density at radius 1 is 1.36 bits per heavy atom. The van der Waals surface area contributed by atoms with Crippen molar-refractivity contribution in [1.82, 2.24) is 9.97 Å². The summed E-state index contributed by atoms with van der Waals surface area (Å²) in [6, 6.07) is 1.86. The van der Waals surface area contributed by atoms with Gasteiger partial charge in [0.05, 0.1) is 5.69 Å². The molecule has 0 unspecified atom stereocenters. The van der Waals surface area contributed by atoms with Crippen molar-refractivity contribution in [2.75, 3.05) is 24.4 Å². The minimum atomic E-state index is 0.365. The lowest BCUT2D eigenvalue weighted by atomic mass is 10.1. The maximum atomic E-state index is 5.33. The summed E-state index contributed by atoms with van der Waals surface area (Å²) in [6.45, 7) is 4.17. The molecule has 0 spiro atoms. The third-order valence-corrected chi connectivity index (χ3v) is 1.87. The van der Waals surface area contributed by atoms with Crippen molar-refractivity contribution in [3.8, 4) is 0 Å². The number of nitrogen functional groups attached to an aromatic ring is 1. The Morgan fingerprint density at radius 3 is 2.43 bits per heavy atom. The van der Waals surface area contributed by atoms with Crippen molar-refractivity contribution in [2.24, 2.45) is 5.84 Å². The first-order chi connectivity index (χ1) is 6.54. The van der Waals surface area contributed by atoms with Crippen LogP contribution in [0, 0.1) is 0 Å². The van der Waals surface area contributed by atoms with E-state index in [9.17, 15) is 0 Å². The highest BCUT2D eigenvalue weighted by atomic mass is 15.3. The SMILES string of the molecule is CC(C)c1cc(NN)nc(N(C)C)n1. The van der Waals surface area contributed by atoms with E-state index >= 15 is 0 Å². The van der Waals surface area contributed by atoms with Crippen LogP contribution in [0.1, 0.15) is 25.5 Å².